The number of unbranched alkanes of at least 4 members (excludes halogenated alkanes) is 1. The average Bonchev–Trinajstić information content (AvgIpc) is 2.22. The molecule has 0 bridgehead atoms. The number of benzene rings is 1. The molecule has 1 nitrogen and oxygen atoms in total. The van der Waals surface area contributed by atoms with Crippen molar-refractivity contribution in [2.75, 3.05) is 0 Å². The fraction of sp³-hybridized carbons (Fsp3) is 0.250. The Morgan fingerprint density at radius 1 is 1.00 bits per heavy atom. The molecule has 0 heterocycles. The van der Waals surface area contributed by atoms with Crippen LogP contribution in [0.3, 0.4) is 0 Å². The van der Waals surface area contributed by atoms with E-state index in [0.717, 1.165) is 19.1 Å². The number of aldehydes is 1. The van der Waals surface area contributed by atoms with Gasteiger partial charge in [-0.15, -0.1) is 0 Å². The fourth-order valence-corrected chi connectivity index (χ4v) is 0.703. The highest BCUT2D eigenvalue weighted by Gasteiger charge is 1.67. The van der Waals surface area contributed by atoms with Gasteiger partial charge < -0.3 is 0 Å². The molecule has 0 spiro atoms. The lowest BCUT2D eigenvalue weighted by Crippen LogP contribution is -1.61. The predicted octanol–water partition coefficient (Wildman–Crippen LogP) is 3.23. The van der Waals surface area contributed by atoms with Crippen molar-refractivity contribution in [1.82, 2.24) is 0 Å². The highest BCUT2D eigenvalue weighted by molar-refractivity contribution is 5.64. The first-order chi connectivity index (χ1) is 6.41. The Hall–Kier alpha value is -1.37. The smallest absolute Gasteiger partial charge is 0.142 e. The minimum Gasteiger partial charge on any atom is -0.299 e. The number of hydrogen-bond donors (Lipinski definition) is 0. The van der Waals surface area contributed by atoms with Crippen LogP contribution in [0.4, 0.5) is 0 Å². The molecule has 1 heteroatoms. The molecule has 0 unspecified atom stereocenters. The third-order valence-corrected chi connectivity index (χ3v) is 1.34. The first-order valence-electron chi connectivity index (χ1n) is 4.52. The van der Waals surface area contributed by atoms with E-state index in [0.29, 0.717) is 0 Å². The molecule has 1 rings (SSSR count). The van der Waals surface area contributed by atoms with Crippen LogP contribution in [0, 0.1) is 0 Å². The topological polar surface area (TPSA) is 17.1 Å². The Labute approximate surface area is 80.1 Å². The summed E-state index contributed by atoms with van der Waals surface area (Å²) >= 11 is 0. The standard InChI is InChI=1S/C6H10O.C6H6/c1-2-3-4-5-6-7;1-2-4-6-5-3-1/h4-6H,2-3H2,1H3;1-6H. The van der Waals surface area contributed by atoms with Crippen LogP contribution in [-0.2, 0) is 4.79 Å². The van der Waals surface area contributed by atoms with E-state index in [1.54, 1.807) is 0 Å². The van der Waals surface area contributed by atoms with Gasteiger partial charge in [0.05, 0.1) is 0 Å². The molecule has 0 saturated heterocycles. The van der Waals surface area contributed by atoms with Gasteiger partial charge in [0.1, 0.15) is 6.29 Å². The molecule has 13 heavy (non-hydrogen) atoms. The van der Waals surface area contributed by atoms with Crippen molar-refractivity contribution in [3.8, 4) is 0 Å². The molecule has 0 N–H and O–H groups in total. The lowest BCUT2D eigenvalue weighted by atomic mass is 10.3. The van der Waals surface area contributed by atoms with Crippen LogP contribution in [-0.4, -0.2) is 6.29 Å². The van der Waals surface area contributed by atoms with Crippen molar-refractivity contribution in [3.63, 3.8) is 0 Å². The third-order valence-electron chi connectivity index (χ3n) is 1.34. The maximum atomic E-state index is 9.59. The molecule has 0 aromatic heterocycles. The van der Waals surface area contributed by atoms with Crippen molar-refractivity contribution >= 4 is 6.29 Å². The largest absolute Gasteiger partial charge is 0.299 e. The van der Waals surface area contributed by atoms with Gasteiger partial charge in [0.25, 0.3) is 0 Å². The summed E-state index contributed by atoms with van der Waals surface area (Å²) in [7, 11) is 0. The summed E-state index contributed by atoms with van der Waals surface area (Å²) in [6.07, 6.45) is 6.33. The van der Waals surface area contributed by atoms with E-state index < -0.39 is 0 Å². The van der Waals surface area contributed by atoms with Gasteiger partial charge in [0, 0.05) is 0 Å². The molecule has 0 aliphatic carbocycles. The molecule has 0 radical (unpaired) electrons. The average molecular weight is 176 g/mol. The monoisotopic (exact) mass is 176 g/mol. The van der Waals surface area contributed by atoms with Gasteiger partial charge in [-0.25, -0.2) is 0 Å². The molecular formula is C12H16O. The quantitative estimate of drug-likeness (QED) is 0.510. The molecule has 1 aromatic rings. The first kappa shape index (κ1) is 11.6. The molecule has 0 fully saturated rings. The van der Waals surface area contributed by atoms with Crippen molar-refractivity contribution < 1.29 is 4.79 Å². The lowest BCUT2D eigenvalue weighted by molar-refractivity contribution is -0.104. The van der Waals surface area contributed by atoms with Crippen molar-refractivity contribution in [1.29, 1.82) is 0 Å². The zero-order valence-electron chi connectivity index (χ0n) is 8.02. The molecule has 0 aliphatic heterocycles. The minimum absolute atomic E-state index is 0.801. The maximum Gasteiger partial charge on any atom is 0.142 e. The van der Waals surface area contributed by atoms with Gasteiger partial charge in [-0.05, 0) is 12.5 Å². The predicted molar refractivity (Wildman–Crippen MR) is 56.6 cm³/mol. The Kier molecular flexibility index (Phi) is 9.51. The highest BCUT2D eigenvalue weighted by Crippen LogP contribution is 1.85. The number of allylic oxidation sites excluding steroid dienone is 2. The van der Waals surface area contributed by atoms with E-state index in [1.807, 2.05) is 42.5 Å². The summed E-state index contributed by atoms with van der Waals surface area (Å²) in [5.41, 5.74) is 0. The molecule has 1 aromatic carbocycles. The second-order valence-electron chi connectivity index (χ2n) is 2.51. The lowest BCUT2D eigenvalue weighted by Gasteiger charge is -1.76. The van der Waals surface area contributed by atoms with Gasteiger partial charge in [0.2, 0.25) is 0 Å². The Morgan fingerprint density at radius 3 is 1.77 bits per heavy atom. The molecule has 0 saturated carbocycles. The van der Waals surface area contributed by atoms with E-state index in [9.17, 15) is 4.79 Å². The Morgan fingerprint density at radius 2 is 1.46 bits per heavy atom. The zero-order chi connectivity index (χ0) is 9.78. The summed E-state index contributed by atoms with van der Waals surface area (Å²) in [5, 5.41) is 0. The van der Waals surface area contributed by atoms with Crippen LogP contribution in [0.25, 0.3) is 0 Å². The minimum atomic E-state index is 0.801. The first-order valence-corrected chi connectivity index (χ1v) is 4.52. The molecule has 0 amide bonds. The van der Waals surface area contributed by atoms with Crippen LogP contribution < -0.4 is 0 Å². The number of hydrogen-bond acceptors (Lipinski definition) is 1. The van der Waals surface area contributed by atoms with Crippen LogP contribution in [0.5, 0.6) is 0 Å². The summed E-state index contributed by atoms with van der Waals surface area (Å²) in [6, 6.07) is 12.0. The maximum absolute atomic E-state index is 9.59. The normalized spacial score (nSPS) is 9.00. The summed E-state index contributed by atoms with van der Waals surface area (Å²) in [4.78, 5) is 9.59. The Bertz CT molecular complexity index is 187. The summed E-state index contributed by atoms with van der Waals surface area (Å²) < 4.78 is 0. The molecule has 0 aliphatic rings. The van der Waals surface area contributed by atoms with Crippen molar-refractivity contribution in [2.45, 2.75) is 19.8 Å². The van der Waals surface area contributed by atoms with Gasteiger partial charge in [-0.3, -0.25) is 4.79 Å². The number of rotatable bonds is 3. The van der Waals surface area contributed by atoms with Crippen LogP contribution >= 0.6 is 0 Å². The second kappa shape index (κ2) is 10.6. The van der Waals surface area contributed by atoms with E-state index in [2.05, 4.69) is 6.92 Å². The van der Waals surface area contributed by atoms with Gasteiger partial charge in [-0.1, -0.05) is 55.8 Å². The fourth-order valence-electron chi connectivity index (χ4n) is 0.703. The zero-order valence-corrected chi connectivity index (χ0v) is 8.02. The summed E-state index contributed by atoms with van der Waals surface area (Å²) in [5.74, 6) is 0. The SMILES string of the molecule is CCCC=CC=O.c1ccccc1. The second-order valence-corrected chi connectivity index (χ2v) is 2.51. The molecule has 70 valence electrons. The highest BCUT2D eigenvalue weighted by atomic mass is 16.1. The number of carbonyl (C=O) groups is 1. The van der Waals surface area contributed by atoms with Crippen LogP contribution in [0.1, 0.15) is 19.8 Å². The van der Waals surface area contributed by atoms with E-state index in [1.165, 1.54) is 6.08 Å². The number of carbonyl (C=O) groups excluding carboxylic acids is 1. The van der Waals surface area contributed by atoms with Crippen LogP contribution in [0.2, 0.25) is 0 Å². The van der Waals surface area contributed by atoms with E-state index in [-0.39, 0.29) is 0 Å². The summed E-state index contributed by atoms with van der Waals surface area (Å²) in [6.45, 7) is 2.08. The Balaban J connectivity index is 0.000000223. The molecule has 0 atom stereocenters. The third kappa shape index (κ3) is 10.6. The van der Waals surface area contributed by atoms with E-state index in [4.69, 9.17) is 0 Å². The van der Waals surface area contributed by atoms with Crippen molar-refractivity contribution in [2.24, 2.45) is 0 Å². The van der Waals surface area contributed by atoms with Gasteiger partial charge in [0.15, 0.2) is 0 Å². The van der Waals surface area contributed by atoms with Gasteiger partial charge in [-0.2, -0.15) is 0 Å². The van der Waals surface area contributed by atoms with Crippen LogP contribution in [0.15, 0.2) is 48.6 Å². The van der Waals surface area contributed by atoms with Gasteiger partial charge >= 0.3 is 0 Å². The van der Waals surface area contributed by atoms with E-state index >= 15 is 0 Å². The van der Waals surface area contributed by atoms with Crippen molar-refractivity contribution in [3.05, 3.63) is 48.6 Å². The molecular weight excluding hydrogens is 160 g/mol.